The maximum atomic E-state index is 13.9. The van der Waals surface area contributed by atoms with E-state index in [0.29, 0.717) is 42.5 Å². The molecule has 1 aliphatic heterocycles. The molecule has 0 fully saturated rings. The second-order valence-electron chi connectivity index (χ2n) is 9.49. The third kappa shape index (κ3) is 5.87. The van der Waals surface area contributed by atoms with E-state index >= 15 is 0 Å². The molecule has 0 saturated carbocycles. The minimum Gasteiger partial charge on any atom is -0.488 e. The Labute approximate surface area is 245 Å². The van der Waals surface area contributed by atoms with Crippen LogP contribution in [-0.2, 0) is 16.1 Å². The van der Waals surface area contributed by atoms with Crippen molar-refractivity contribution in [1.29, 1.82) is 5.26 Å². The summed E-state index contributed by atoms with van der Waals surface area (Å²) in [5, 5.41) is 9.53. The summed E-state index contributed by atoms with van der Waals surface area (Å²) < 4.78 is 13.4. The van der Waals surface area contributed by atoms with Crippen LogP contribution < -0.4 is 19.6 Å². The third-order valence-corrected chi connectivity index (χ3v) is 7.86. The maximum absolute atomic E-state index is 13.9. The number of aromatic nitrogens is 1. The van der Waals surface area contributed by atoms with Crippen LogP contribution in [0.25, 0.3) is 6.08 Å². The van der Waals surface area contributed by atoms with Crippen LogP contribution in [0.15, 0.2) is 87.8 Å². The summed E-state index contributed by atoms with van der Waals surface area (Å²) in [6, 6.07) is 21.5. The van der Waals surface area contributed by atoms with Crippen molar-refractivity contribution < 1.29 is 14.3 Å². The number of benzene rings is 3. The molecule has 0 unspecified atom stereocenters. The van der Waals surface area contributed by atoms with Gasteiger partial charge in [0.15, 0.2) is 4.80 Å². The van der Waals surface area contributed by atoms with Crippen molar-refractivity contribution in [1.82, 2.24) is 4.57 Å². The van der Waals surface area contributed by atoms with Crippen LogP contribution in [0.2, 0.25) is 5.02 Å². The molecule has 0 amide bonds. The molecule has 1 aromatic heterocycles. The van der Waals surface area contributed by atoms with E-state index in [1.165, 1.54) is 11.3 Å². The number of hydrogen-bond donors (Lipinski definition) is 0. The van der Waals surface area contributed by atoms with E-state index in [1.807, 2.05) is 43.3 Å². The van der Waals surface area contributed by atoms with Crippen molar-refractivity contribution in [3.05, 3.63) is 131 Å². The van der Waals surface area contributed by atoms with E-state index in [1.54, 1.807) is 54.8 Å². The molecule has 0 saturated heterocycles. The van der Waals surface area contributed by atoms with Crippen LogP contribution in [0.3, 0.4) is 0 Å². The van der Waals surface area contributed by atoms with Crippen LogP contribution in [0.5, 0.6) is 5.75 Å². The highest BCUT2D eigenvalue weighted by molar-refractivity contribution is 7.07. The number of rotatable bonds is 7. The van der Waals surface area contributed by atoms with E-state index in [0.717, 1.165) is 16.7 Å². The number of aryl methyl sites for hydroxylation is 1. The second-order valence-corrected chi connectivity index (χ2v) is 10.9. The summed E-state index contributed by atoms with van der Waals surface area (Å²) in [4.78, 5) is 32.1. The van der Waals surface area contributed by atoms with Crippen molar-refractivity contribution in [2.24, 2.45) is 4.99 Å². The fraction of sp³-hybridized carbons (Fsp3) is 0.188. The van der Waals surface area contributed by atoms with Gasteiger partial charge in [0.25, 0.3) is 5.56 Å². The van der Waals surface area contributed by atoms with Crippen molar-refractivity contribution >= 4 is 35.0 Å². The summed E-state index contributed by atoms with van der Waals surface area (Å²) >= 11 is 7.57. The highest BCUT2D eigenvalue weighted by Crippen LogP contribution is 2.31. The summed E-state index contributed by atoms with van der Waals surface area (Å²) in [5.74, 6) is 0.0463. The van der Waals surface area contributed by atoms with Crippen molar-refractivity contribution in [3.63, 3.8) is 0 Å². The van der Waals surface area contributed by atoms with Gasteiger partial charge >= 0.3 is 5.97 Å². The zero-order chi connectivity index (χ0) is 29.1. The largest absolute Gasteiger partial charge is 0.488 e. The molecule has 41 heavy (non-hydrogen) atoms. The maximum Gasteiger partial charge on any atom is 0.338 e. The fourth-order valence-electron chi connectivity index (χ4n) is 4.60. The lowest BCUT2D eigenvalue weighted by molar-refractivity contribution is -0.139. The Balaban J connectivity index is 1.59. The topological polar surface area (TPSA) is 93.7 Å². The van der Waals surface area contributed by atoms with E-state index < -0.39 is 12.0 Å². The number of halogens is 1. The molecule has 0 N–H and O–H groups in total. The number of hydrogen-bond acceptors (Lipinski definition) is 7. The summed E-state index contributed by atoms with van der Waals surface area (Å²) in [7, 11) is 0. The first-order chi connectivity index (χ1) is 19.8. The van der Waals surface area contributed by atoms with Gasteiger partial charge in [0.05, 0.1) is 40.1 Å². The molecular formula is C32H26ClN3O4S. The van der Waals surface area contributed by atoms with Crippen LogP contribution in [0, 0.1) is 18.3 Å². The molecule has 0 aliphatic carbocycles. The van der Waals surface area contributed by atoms with E-state index in [4.69, 9.17) is 26.3 Å². The Morgan fingerprint density at radius 3 is 2.54 bits per heavy atom. The molecule has 3 aromatic carbocycles. The lowest BCUT2D eigenvalue weighted by atomic mass is 9.95. The summed E-state index contributed by atoms with van der Waals surface area (Å²) in [5.41, 5.74) is 4.51. The third-order valence-electron chi connectivity index (χ3n) is 6.65. The number of nitrogens with zero attached hydrogens (tertiary/aromatic N) is 3. The Morgan fingerprint density at radius 2 is 1.85 bits per heavy atom. The SMILES string of the molecule is CCOC(=O)C1=C(C)N=c2s/c(=C\c3cc(Cl)ccc3OCc3ccc(C#N)cc3)c(=O)n2[C@H]1c1ccc(C)cc1. The minimum atomic E-state index is -0.681. The number of nitriles is 1. The summed E-state index contributed by atoms with van der Waals surface area (Å²) in [6.07, 6.45) is 1.74. The monoisotopic (exact) mass is 583 g/mol. The molecule has 7 nitrogen and oxygen atoms in total. The number of esters is 1. The lowest BCUT2D eigenvalue weighted by Crippen LogP contribution is -2.39. The average molecular weight is 584 g/mol. The standard InChI is InChI=1S/C32H26ClN3O4S/c1-4-39-31(38)28-20(3)35-32-36(29(28)23-11-5-19(2)6-12-23)30(37)27(41-32)16-24-15-25(33)13-14-26(24)40-18-22-9-7-21(17-34)8-10-22/h5-16,29H,4,18H2,1-3H3/b27-16-/t29-/m0/s1. The zero-order valence-corrected chi connectivity index (χ0v) is 24.3. The van der Waals surface area contributed by atoms with Gasteiger partial charge in [-0.2, -0.15) is 5.26 Å². The number of allylic oxidation sites excluding steroid dienone is 1. The Bertz CT molecular complexity index is 1880. The van der Waals surface area contributed by atoms with Gasteiger partial charge in [-0.1, -0.05) is 64.9 Å². The molecule has 5 rings (SSSR count). The van der Waals surface area contributed by atoms with Crippen molar-refractivity contribution in [2.45, 2.75) is 33.4 Å². The first-order valence-corrected chi connectivity index (χ1v) is 14.2. The fourth-order valence-corrected chi connectivity index (χ4v) is 5.82. The Morgan fingerprint density at radius 1 is 1.12 bits per heavy atom. The number of fused-ring (bicyclic) bond motifs is 1. The molecule has 206 valence electrons. The van der Waals surface area contributed by atoms with Crippen LogP contribution in [0.1, 0.15) is 47.7 Å². The van der Waals surface area contributed by atoms with Crippen LogP contribution in [0.4, 0.5) is 0 Å². The number of carbonyl (C=O) groups is 1. The quantitative estimate of drug-likeness (QED) is 0.278. The number of ether oxygens (including phenoxy) is 2. The highest BCUT2D eigenvalue weighted by Gasteiger charge is 2.33. The predicted molar refractivity (Wildman–Crippen MR) is 159 cm³/mol. The van der Waals surface area contributed by atoms with E-state index in [2.05, 4.69) is 11.1 Å². The second kappa shape index (κ2) is 12.0. The van der Waals surface area contributed by atoms with Gasteiger partial charge in [-0.3, -0.25) is 9.36 Å². The molecule has 2 heterocycles. The van der Waals surface area contributed by atoms with Gasteiger partial charge in [0.1, 0.15) is 12.4 Å². The zero-order valence-electron chi connectivity index (χ0n) is 22.7. The molecule has 9 heteroatoms. The number of carbonyl (C=O) groups excluding carboxylic acids is 1. The molecule has 0 bridgehead atoms. The Kier molecular flexibility index (Phi) is 8.20. The van der Waals surface area contributed by atoms with E-state index in [9.17, 15) is 9.59 Å². The van der Waals surface area contributed by atoms with Crippen molar-refractivity contribution in [3.8, 4) is 11.8 Å². The van der Waals surface area contributed by atoms with Gasteiger partial charge in [-0.25, -0.2) is 9.79 Å². The molecule has 1 atom stereocenters. The summed E-state index contributed by atoms with van der Waals surface area (Å²) in [6.45, 7) is 5.96. The normalized spacial score (nSPS) is 14.7. The Hall–Kier alpha value is -4.45. The highest BCUT2D eigenvalue weighted by atomic mass is 35.5. The predicted octanol–water partition coefficient (Wildman–Crippen LogP) is 5.21. The average Bonchev–Trinajstić information content (AvgIpc) is 3.26. The van der Waals surface area contributed by atoms with Gasteiger partial charge < -0.3 is 9.47 Å². The molecule has 1 aliphatic rings. The molecular weight excluding hydrogens is 558 g/mol. The van der Waals surface area contributed by atoms with Gasteiger partial charge in [0, 0.05) is 10.6 Å². The lowest BCUT2D eigenvalue weighted by Gasteiger charge is -2.24. The van der Waals surface area contributed by atoms with E-state index in [-0.39, 0.29) is 18.8 Å². The van der Waals surface area contributed by atoms with Gasteiger partial charge in [0.2, 0.25) is 0 Å². The van der Waals surface area contributed by atoms with Gasteiger partial charge in [-0.15, -0.1) is 0 Å². The van der Waals surface area contributed by atoms with Gasteiger partial charge in [-0.05, 0) is 68.3 Å². The first kappa shape index (κ1) is 28.1. The van der Waals surface area contributed by atoms with Crippen LogP contribution >= 0.6 is 22.9 Å². The number of thiazole rings is 1. The first-order valence-electron chi connectivity index (χ1n) is 13.0. The molecule has 0 radical (unpaired) electrons. The smallest absolute Gasteiger partial charge is 0.338 e. The van der Waals surface area contributed by atoms with Crippen LogP contribution in [-0.4, -0.2) is 17.1 Å². The van der Waals surface area contributed by atoms with Crippen molar-refractivity contribution in [2.75, 3.05) is 6.61 Å². The minimum absolute atomic E-state index is 0.209. The molecule has 4 aromatic rings. The molecule has 0 spiro atoms.